The number of aryl methyl sites for hydroxylation is 1. The van der Waals surface area contributed by atoms with Crippen LogP contribution in [0.3, 0.4) is 0 Å². The number of anilines is 1. The average Bonchev–Trinajstić information content (AvgIpc) is 3.12. The summed E-state index contributed by atoms with van der Waals surface area (Å²) >= 11 is 0. The van der Waals surface area contributed by atoms with E-state index in [0.717, 1.165) is 43.2 Å². The number of halogens is 1. The van der Waals surface area contributed by atoms with Crippen molar-refractivity contribution >= 4 is 24.0 Å². The molecule has 0 saturated carbocycles. The van der Waals surface area contributed by atoms with Crippen LogP contribution in [0.5, 0.6) is 11.5 Å². The molecule has 0 bridgehead atoms. The number of amides is 1. The van der Waals surface area contributed by atoms with E-state index in [9.17, 15) is 4.79 Å². The Bertz CT molecular complexity index is 683. The first-order chi connectivity index (χ1) is 12.2. The number of nitrogens with one attached hydrogen (secondary N) is 2. The van der Waals surface area contributed by atoms with Crippen molar-refractivity contribution in [2.75, 3.05) is 25.0 Å². The van der Waals surface area contributed by atoms with Crippen LogP contribution in [0, 0.1) is 6.92 Å². The minimum absolute atomic E-state index is 0. The first kappa shape index (κ1) is 20.2. The summed E-state index contributed by atoms with van der Waals surface area (Å²) in [5.41, 5.74) is 1.94. The number of carbonyl (C=O) groups is 1. The molecule has 0 spiro atoms. The summed E-state index contributed by atoms with van der Waals surface area (Å²) < 4.78 is 11.3. The molecule has 2 aromatic rings. The Morgan fingerprint density at radius 1 is 1.12 bits per heavy atom. The van der Waals surface area contributed by atoms with Gasteiger partial charge in [0.25, 0.3) is 0 Å². The van der Waals surface area contributed by atoms with Gasteiger partial charge in [0.2, 0.25) is 5.91 Å². The maximum Gasteiger partial charge on any atom is 0.238 e. The predicted octanol–water partition coefficient (Wildman–Crippen LogP) is 3.92. The molecule has 1 saturated heterocycles. The van der Waals surface area contributed by atoms with Gasteiger partial charge in [-0.15, -0.1) is 12.4 Å². The Labute approximate surface area is 160 Å². The molecule has 2 aromatic carbocycles. The van der Waals surface area contributed by atoms with Crippen LogP contribution in [0.15, 0.2) is 48.5 Å². The standard InChI is InChI=1S/C20H24N2O3.ClH/c1-15-4-8-17(9-5-15)25-18-10-6-16(7-11-18)22-20(23)14-21-13-19-3-2-12-24-19;/h4-11,19,21H,2-3,12-14H2,1H3,(H,22,23);1H. The van der Waals surface area contributed by atoms with Gasteiger partial charge in [0.15, 0.2) is 0 Å². The maximum absolute atomic E-state index is 11.9. The van der Waals surface area contributed by atoms with Gasteiger partial charge in [0.05, 0.1) is 12.6 Å². The summed E-state index contributed by atoms with van der Waals surface area (Å²) in [6, 6.07) is 15.2. The minimum Gasteiger partial charge on any atom is -0.457 e. The molecule has 1 heterocycles. The van der Waals surface area contributed by atoms with Gasteiger partial charge in [-0.3, -0.25) is 4.79 Å². The van der Waals surface area contributed by atoms with Crippen molar-refractivity contribution in [1.29, 1.82) is 0 Å². The van der Waals surface area contributed by atoms with Gasteiger partial charge in [-0.1, -0.05) is 17.7 Å². The van der Waals surface area contributed by atoms with Crippen LogP contribution in [0.25, 0.3) is 0 Å². The zero-order valence-electron chi connectivity index (χ0n) is 14.9. The smallest absolute Gasteiger partial charge is 0.238 e. The third-order valence-corrected chi connectivity index (χ3v) is 4.08. The van der Waals surface area contributed by atoms with E-state index in [0.29, 0.717) is 0 Å². The lowest BCUT2D eigenvalue weighted by atomic mass is 10.2. The van der Waals surface area contributed by atoms with Gasteiger partial charge < -0.3 is 20.1 Å². The average molecular weight is 377 g/mol. The molecule has 3 rings (SSSR count). The number of ether oxygens (including phenoxy) is 2. The van der Waals surface area contributed by atoms with Crippen molar-refractivity contribution in [3.8, 4) is 11.5 Å². The zero-order valence-corrected chi connectivity index (χ0v) is 15.7. The van der Waals surface area contributed by atoms with Gasteiger partial charge in [-0.2, -0.15) is 0 Å². The van der Waals surface area contributed by atoms with Crippen molar-refractivity contribution in [1.82, 2.24) is 5.32 Å². The molecule has 1 aliphatic rings. The van der Waals surface area contributed by atoms with E-state index >= 15 is 0 Å². The number of benzene rings is 2. The monoisotopic (exact) mass is 376 g/mol. The van der Waals surface area contributed by atoms with E-state index in [2.05, 4.69) is 10.6 Å². The lowest BCUT2D eigenvalue weighted by Gasteiger charge is -2.11. The highest BCUT2D eigenvalue weighted by Crippen LogP contribution is 2.23. The van der Waals surface area contributed by atoms with E-state index in [4.69, 9.17) is 9.47 Å². The Morgan fingerprint density at radius 2 is 1.77 bits per heavy atom. The molecule has 0 aliphatic carbocycles. The van der Waals surface area contributed by atoms with E-state index < -0.39 is 0 Å². The largest absolute Gasteiger partial charge is 0.457 e. The highest BCUT2D eigenvalue weighted by Gasteiger charge is 2.15. The second-order valence-electron chi connectivity index (χ2n) is 6.25. The van der Waals surface area contributed by atoms with Crippen molar-refractivity contribution in [3.63, 3.8) is 0 Å². The normalized spacial score (nSPS) is 16.0. The number of hydrogen-bond donors (Lipinski definition) is 2. The zero-order chi connectivity index (χ0) is 17.5. The van der Waals surface area contributed by atoms with Gasteiger partial charge in [0, 0.05) is 18.8 Å². The van der Waals surface area contributed by atoms with E-state index in [1.54, 1.807) is 0 Å². The fourth-order valence-electron chi connectivity index (χ4n) is 2.71. The number of carbonyl (C=O) groups excluding carboxylic acids is 1. The molecule has 1 aliphatic heterocycles. The van der Waals surface area contributed by atoms with Crippen LogP contribution in [-0.4, -0.2) is 31.7 Å². The Morgan fingerprint density at radius 3 is 2.38 bits per heavy atom. The summed E-state index contributed by atoms with van der Waals surface area (Å²) in [7, 11) is 0. The van der Waals surface area contributed by atoms with Crippen molar-refractivity contribution in [3.05, 3.63) is 54.1 Å². The van der Waals surface area contributed by atoms with Gasteiger partial charge in [0.1, 0.15) is 11.5 Å². The highest BCUT2D eigenvalue weighted by molar-refractivity contribution is 5.92. The van der Waals surface area contributed by atoms with Crippen molar-refractivity contribution in [2.45, 2.75) is 25.9 Å². The first-order valence-electron chi connectivity index (χ1n) is 8.66. The molecule has 1 unspecified atom stereocenters. The van der Waals surface area contributed by atoms with Gasteiger partial charge in [-0.05, 0) is 56.2 Å². The Kier molecular flexibility index (Phi) is 7.91. The molecule has 6 heteroatoms. The summed E-state index contributed by atoms with van der Waals surface area (Å²) in [6.07, 6.45) is 2.41. The van der Waals surface area contributed by atoms with Gasteiger partial charge in [-0.25, -0.2) is 0 Å². The van der Waals surface area contributed by atoms with Crippen LogP contribution < -0.4 is 15.4 Å². The van der Waals surface area contributed by atoms with Crippen LogP contribution in [0.2, 0.25) is 0 Å². The van der Waals surface area contributed by atoms with Crippen LogP contribution >= 0.6 is 12.4 Å². The van der Waals surface area contributed by atoms with E-state index in [-0.39, 0.29) is 31.0 Å². The first-order valence-corrected chi connectivity index (χ1v) is 8.66. The molecule has 1 fully saturated rings. The molecule has 2 N–H and O–H groups in total. The topological polar surface area (TPSA) is 59.6 Å². The molecular formula is C20H25ClN2O3. The second-order valence-corrected chi connectivity index (χ2v) is 6.25. The fraction of sp³-hybridized carbons (Fsp3) is 0.350. The summed E-state index contributed by atoms with van der Waals surface area (Å²) in [4.78, 5) is 11.9. The quantitative estimate of drug-likeness (QED) is 0.769. The highest BCUT2D eigenvalue weighted by atomic mass is 35.5. The lowest BCUT2D eigenvalue weighted by Crippen LogP contribution is -2.33. The van der Waals surface area contributed by atoms with Crippen LogP contribution in [0.1, 0.15) is 18.4 Å². The van der Waals surface area contributed by atoms with Gasteiger partial charge >= 0.3 is 0 Å². The molecule has 0 aromatic heterocycles. The fourth-order valence-corrected chi connectivity index (χ4v) is 2.71. The molecule has 5 nitrogen and oxygen atoms in total. The molecule has 26 heavy (non-hydrogen) atoms. The summed E-state index contributed by atoms with van der Waals surface area (Å²) in [6.45, 7) is 3.87. The molecule has 1 amide bonds. The molecule has 1 atom stereocenters. The maximum atomic E-state index is 11.9. The molecule has 0 radical (unpaired) electrons. The van der Waals surface area contributed by atoms with Crippen LogP contribution in [0.4, 0.5) is 5.69 Å². The summed E-state index contributed by atoms with van der Waals surface area (Å²) in [5.74, 6) is 1.46. The van der Waals surface area contributed by atoms with Crippen molar-refractivity contribution < 1.29 is 14.3 Å². The van der Waals surface area contributed by atoms with Crippen LogP contribution in [-0.2, 0) is 9.53 Å². The third kappa shape index (κ3) is 6.33. The molecule has 140 valence electrons. The minimum atomic E-state index is -0.0646. The second kappa shape index (κ2) is 10.2. The third-order valence-electron chi connectivity index (χ3n) is 4.08. The predicted molar refractivity (Wildman–Crippen MR) is 105 cm³/mol. The van der Waals surface area contributed by atoms with E-state index in [1.807, 2.05) is 55.5 Å². The van der Waals surface area contributed by atoms with Crippen molar-refractivity contribution in [2.24, 2.45) is 0 Å². The van der Waals surface area contributed by atoms with E-state index in [1.165, 1.54) is 5.56 Å². The Hall–Kier alpha value is -2.08. The summed E-state index contributed by atoms with van der Waals surface area (Å²) in [5, 5.41) is 6.00. The number of rotatable bonds is 7. The molecular weight excluding hydrogens is 352 g/mol. The Balaban J connectivity index is 0.00000243. The number of hydrogen-bond acceptors (Lipinski definition) is 4. The SMILES string of the molecule is Cc1ccc(Oc2ccc(NC(=O)CNCC3CCCO3)cc2)cc1.Cl. The lowest BCUT2D eigenvalue weighted by molar-refractivity contribution is -0.115.